The first-order chi connectivity index (χ1) is 16.7. The molecule has 0 bridgehead atoms. The number of rotatable bonds is 5. The number of aromatic amines is 1. The van der Waals surface area contributed by atoms with Crippen molar-refractivity contribution in [3.63, 3.8) is 0 Å². The summed E-state index contributed by atoms with van der Waals surface area (Å²) in [5.41, 5.74) is 1.70. The summed E-state index contributed by atoms with van der Waals surface area (Å²) in [5.74, 6) is 1.79. The van der Waals surface area contributed by atoms with Gasteiger partial charge in [0.25, 0.3) is 11.8 Å². The van der Waals surface area contributed by atoms with E-state index in [0.717, 1.165) is 11.8 Å². The Morgan fingerprint density at radius 1 is 1.29 bits per heavy atom. The molecule has 2 amide bonds. The second-order valence-corrected chi connectivity index (χ2v) is 8.26. The van der Waals surface area contributed by atoms with Gasteiger partial charge in [-0.15, -0.1) is 6.42 Å². The highest BCUT2D eigenvalue weighted by molar-refractivity contribution is 6.31. The van der Waals surface area contributed by atoms with Crippen LogP contribution in [0, 0.1) is 12.3 Å². The zero-order valence-corrected chi connectivity index (χ0v) is 19.0. The molecule has 35 heavy (non-hydrogen) atoms. The van der Waals surface area contributed by atoms with Gasteiger partial charge in [0, 0.05) is 48.9 Å². The molecule has 0 spiro atoms. The topological polar surface area (TPSA) is 91.0 Å². The number of aromatic nitrogens is 3. The summed E-state index contributed by atoms with van der Waals surface area (Å²) >= 11 is 5.92. The monoisotopic (exact) mass is 501 g/mol. The normalized spacial score (nSPS) is 13.2. The minimum Gasteiger partial charge on any atom is -0.350 e. The van der Waals surface area contributed by atoms with E-state index in [9.17, 15) is 22.8 Å². The molecule has 0 saturated heterocycles. The number of alkyl halides is 3. The van der Waals surface area contributed by atoms with Gasteiger partial charge in [0.15, 0.2) is 5.69 Å². The predicted molar refractivity (Wildman–Crippen MR) is 122 cm³/mol. The Morgan fingerprint density at radius 3 is 2.77 bits per heavy atom. The smallest absolute Gasteiger partial charge is 0.350 e. The van der Waals surface area contributed by atoms with E-state index in [-0.39, 0.29) is 41.8 Å². The van der Waals surface area contributed by atoms with Crippen LogP contribution < -0.4 is 5.32 Å². The number of halogens is 4. The lowest BCUT2D eigenvalue weighted by molar-refractivity contribution is -0.137. The Labute approximate surface area is 203 Å². The molecule has 180 valence electrons. The Kier molecular flexibility index (Phi) is 6.80. The summed E-state index contributed by atoms with van der Waals surface area (Å²) < 4.78 is 38.3. The molecule has 1 aliphatic rings. The lowest BCUT2D eigenvalue weighted by atomic mass is 10.0. The molecular weight excluding hydrogens is 483 g/mol. The van der Waals surface area contributed by atoms with Gasteiger partial charge in [-0.3, -0.25) is 19.7 Å². The molecule has 1 aliphatic heterocycles. The Hall–Kier alpha value is -3.84. The minimum atomic E-state index is -4.54. The number of carbonyl (C=O) groups is 2. The van der Waals surface area contributed by atoms with Crippen molar-refractivity contribution in [1.82, 2.24) is 25.4 Å². The van der Waals surface area contributed by atoms with Crippen LogP contribution in [-0.2, 0) is 25.6 Å². The molecule has 11 heteroatoms. The van der Waals surface area contributed by atoms with Gasteiger partial charge in [-0.1, -0.05) is 29.7 Å². The molecule has 2 N–H and O–H groups in total. The van der Waals surface area contributed by atoms with E-state index in [1.807, 2.05) is 0 Å². The summed E-state index contributed by atoms with van der Waals surface area (Å²) in [6.07, 6.45) is 2.30. The molecular formula is C24H19ClF3N5O2. The highest BCUT2D eigenvalue weighted by atomic mass is 35.5. The molecule has 0 aliphatic carbocycles. The van der Waals surface area contributed by atoms with Crippen LogP contribution >= 0.6 is 11.6 Å². The number of H-pyrrole nitrogens is 1. The molecule has 3 heterocycles. The average molecular weight is 502 g/mol. The molecule has 0 radical (unpaired) electrons. The highest BCUT2D eigenvalue weighted by Gasteiger charge is 2.32. The fraction of sp³-hybridized carbons (Fsp3) is 0.250. The summed E-state index contributed by atoms with van der Waals surface area (Å²) in [6, 6.07) is 7.65. The van der Waals surface area contributed by atoms with E-state index in [0.29, 0.717) is 35.9 Å². The number of nitrogens with one attached hydrogen (secondary N) is 2. The molecule has 0 unspecified atom stereocenters. The fourth-order valence-corrected chi connectivity index (χ4v) is 4.07. The van der Waals surface area contributed by atoms with Crippen molar-refractivity contribution >= 4 is 23.4 Å². The molecule has 2 aromatic heterocycles. The van der Waals surface area contributed by atoms with E-state index in [1.165, 1.54) is 0 Å². The number of hydrogen-bond acceptors (Lipinski definition) is 4. The maximum atomic E-state index is 13.0. The van der Waals surface area contributed by atoms with Crippen molar-refractivity contribution < 1.29 is 22.8 Å². The number of pyridine rings is 1. The molecule has 0 fully saturated rings. The van der Waals surface area contributed by atoms with Crippen molar-refractivity contribution in [2.45, 2.75) is 25.6 Å². The molecule has 1 aromatic carbocycles. The van der Waals surface area contributed by atoms with E-state index in [4.69, 9.17) is 18.0 Å². The number of benzene rings is 1. The van der Waals surface area contributed by atoms with Crippen LogP contribution in [0.4, 0.5) is 13.2 Å². The third-order valence-electron chi connectivity index (χ3n) is 5.64. The predicted octanol–water partition coefficient (Wildman–Crippen LogP) is 3.63. The second-order valence-electron chi connectivity index (χ2n) is 7.85. The number of terminal acetylenes is 1. The second kappa shape index (κ2) is 9.80. The Bertz CT molecular complexity index is 1330. The minimum absolute atomic E-state index is 0.0801. The third-order valence-corrected chi connectivity index (χ3v) is 5.97. The van der Waals surface area contributed by atoms with Crippen molar-refractivity contribution in [2.75, 3.05) is 13.1 Å². The summed E-state index contributed by atoms with van der Waals surface area (Å²) in [4.78, 5) is 31.2. The summed E-state index contributed by atoms with van der Waals surface area (Å²) in [7, 11) is 0. The molecule has 0 atom stereocenters. The van der Waals surface area contributed by atoms with E-state index >= 15 is 0 Å². The van der Waals surface area contributed by atoms with Crippen LogP contribution in [0.1, 0.15) is 48.9 Å². The third kappa shape index (κ3) is 5.15. The molecule has 0 saturated carbocycles. The summed E-state index contributed by atoms with van der Waals surface area (Å²) in [5, 5.41) is 9.50. The Balaban J connectivity index is 1.41. The number of nitrogens with zero attached hydrogens (tertiary/aromatic N) is 3. The van der Waals surface area contributed by atoms with Crippen LogP contribution in [0.15, 0.2) is 36.5 Å². The first-order valence-electron chi connectivity index (χ1n) is 10.6. The quantitative estimate of drug-likeness (QED) is 0.522. The lowest BCUT2D eigenvalue weighted by Crippen LogP contribution is -2.37. The van der Waals surface area contributed by atoms with E-state index < -0.39 is 17.6 Å². The summed E-state index contributed by atoms with van der Waals surface area (Å²) in [6.45, 7) is 0.696. The number of hydrogen-bond donors (Lipinski definition) is 2. The lowest BCUT2D eigenvalue weighted by Gasteiger charge is -2.27. The zero-order valence-electron chi connectivity index (χ0n) is 18.2. The van der Waals surface area contributed by atoms with Crippen molar-refractivity contribution in [1.29, 1.82) is 0 Å². The largest absolute Gasteiger partial charge is 0.417 e. The Morgan fingerprint density at radius 2 is 2.06 bits per heavy atom. The van der Waals surface area contributed by atoms with Gasteiger partial charge >= 0.3 is 6.18 Å². The van der Waals surface area contributed by atoms with Crippen molar-refractivity contribution in [2.24, 2.45) is 0 Å². The van der Waals surface area contributed by atoms with Crippen molar-refractivity contribution in [3.8, 4) is 12.3 Å². The maximum absolute atomic E-state index is 13.0. The first kappa shape index (κ1) is 24.3. The zero-order chi connectivity index (χ0) is 25.2. The van der Waals surface area contributed by atoms with Gasteiger partial charge in [-0.05, 0) is 18.2 Å². The number of amides is 2. The standard InChI is InChI=1S/C24H19ClF3N5O2/c1-2-14-5-3-4-6-16(14)23(35)33-10-8-19-17(13-33)21(32-31-19)22(34)29-9-7-20-18(25)11-15(12-30-20)24(26,27)28/h1,3-6,11-12H,7-10,13H2,(H,29,34)(H,31,32). The maximum Gasteiger partial charge on any atom is 0.417 e. The fourth-order valence-electron chi connectivity index (χ4n) is 3.81. The molecule has 7 nitrogen and oxygen atoms in total. The van der Waals surface area contributed by atoms with Crippen molar-refractivity contribution in [3.05, 3.63) is 80.9 Å². The van der Waals surface area contributed by atoms with Gasteiger partial charge in [0.05, 0.1) is 28.4 Å². The van der Waals surface area contributed by atoms with Crippen LogP contribution in [0.3, 0.4) is 0 Å². The SMILES string of the molecule is C#Cc1ccccc1C(=O)N1CCc2[nH]nc(C(=O)NCCc3ncc(C(F)(F)F)cc3Cl)c2C1. The van der Waals surface area contributed by atoms with Gasteiger partial charge < -0.3 is 10.2 Å². The molecule has 3 aromatic rings. The van der Waals surface area contributed by atoms with Gasteiger partial charge in [-0.2, -0.15) is 18.3 Å². The first-order valence-corrected chi connectivity index (χ1v) is 11.0. The van der Waals surface area contributed by atoms with Crippen LogP contribution in [0.25, 0.3) is 0 Å². The van der Waals surface area contributed by atoms with Gasteiger partial charge in [0.2, 0.25) is 0 Å². The highest BCUT2D eigenvalue weighted by Crippen LogP contribution is 2.31. The van der Waals surface area contributed by atoms with E-state index in [2.05, 4.69) is 26.4 Å². The average Bonchev–Trinajstić information content (AvgIpc) is 3.27. The van der Waals surface area contributed by atoms with E-state index in [1.54, 1.807) is 29.2 Å². The van der Waals surface area contributed by atoms with Gasteiger partial charge in [-0.25, -0.2) is 0 Å². The van der Waals surface area contributed by atoms with Crippen LogP contribution in [0.5, 0.6) is 0 Å². The number of carbonyl (C=O) groups excluding carboxylic acids is 2. The van der Waals surface area contributed by atoms with Crippen LogP contribution in [0.2, 0.25) is 5.02 Å². The molecule has 4 rings (SSSR count). The number of fused-ring (bicyclic) bond motifs is 1. The van der Waals surface area contributed by atoms with Crippen LogP contribution in [-0.4, -0.2) is 45.0 Å². The van der Waals surface area contributed by atoms with Gasteiger partial charge in [0.1, 0.15) is 0 Å².